The Morgan fingerprint density at radius 2 is 2.04 bits per heavy atom. The van der Waals surface area contributed by atoms with Crippen LogP contribution in [0.5, 0.6) is 0 Å². The molecule has 2 aliphatic rings. The Hall–Kier alpha value is -2.15. The minimum absolute atomic E-state index is 0.130. The molecule has 1 saturated heterocycles. The van der Waals surface area contributed by atoms with E-state index in [-0.39, 0.29) is 18.0 Å². The van der Waals surface area contributed by atoms with Gasteiger partial charge in [-0.05, 0) is 39.0 Å². The molecule has 1 fully saturated rings. The molecule has 2 atom stereocenters. The second-order valence-electron chi connectivity index (χ2n) is 7.03. The molecule has 0 radical (unpaired) electrons. The molecule has 0 spiro atoms. The molecule has 3 heterocycles. The first-order valence-electron chi connectivity index (χ1n) is 9.28. The van der Waals surface area contributed by atoms with Gasteiger partial charge in [-0.25, -0.2) is 0 Å². The first-order valence-corrected chi connectivity index (χ1v) is 9.28. The van der Waals surface area contributed by atoms with Gasteiger partial charge in [0, 0.05) is 43.6 Å². The number of fused-ring (bicyclic) bond motifs is 1. The molecule has 4 rings (SSSR count). The number of nitrogens with one attached hydrogen (secondary N) is 1. The number of anilines is 1. The topological polar surface area (TPSA) is 68.0 Å². The summed E-state index contributed by atoms with van der Waals surface area (Å²) in [7, 11) is 1.88. The predicted molar refractivity (Wildman–Crippen MR) is 95.3 cm³/mol. The molecule has 1 N–H and O–H groups in total. The maximum absolute atomic E-state index is 13.0. The summed E-state index contributed by atoms with van der Waals surface area (Å²) in [6.45, 7) is 3.80. The number of aromatic nitrogens is 4. The zero-order valence-electron chi connectivity index (χ0n) is 15.0. The number of carbonyl (C=O) groups is 1. The van der Waals surface area contributed by atoms with Crippen LogP contribution in [-0.4, -0.2) is 38.1 Å². The van der Waals surface area contributed by atoms with E-state index in [2.05, 4.69) is 27.1 Å². The Labute approximate surface area is 148 Å². The molecular weight excluding hydrogens is 316 g/mol. The Morgan fingerprint density at radius 3 is 2.80 bits per heavy atom. The number of aryl methyl sites for hydroxylation is 2. The minimum Gasteiger partial charge on any atom is -0.308 e. The first-order chi connectivity index (χ1) is 12.2. The Kier molecular flexibility index (Phi) is 4.33. The van der Waals surface area contributed by atoms with Gasteiger partial charge in [-0.1, -0.05) is 0 Å². The van der Waals surface area contributed by atoms with E-state index < -0.39 is 0 Å². The monoisotopic (exact) mass is 342 g/mol. The molecule has 0 aromatic carbocycles. The van der Waals surface area contributed by atoms with E-state index in [1.165, 1.54) is 11.3 Å². The Morgan fingerprint density at radius 1 is 1.20 bits per heavy atom. The third-order valence-corrected chi connectivity index (χ3v) is 5.41. The molecule has 2 aromatic heterocycles. The molecular formula is C18H26N6O. The van der Waals surface area contributed by atoms with Crippen LogP contribution >= 0.6 is 0 Å². The lowest BCUT2D eigenvalue weighted by Gasteiger charge is -2.35. The van der Waals surface area contributed by atoms with Crippen LogP contribution in [0.25, 0.3) is 0 Å². The van der Waals surface area contributed by atoms with Gasteiger partial charge >= 0.3 is 0 Å². The predicted octanol–water partition coefficient (Wildman–Crippen LogP) is 1.80. The summed E-state index contributed by atoms with van der Waals surface area (Å²) in [5.41, 5.74) is 3.50. The maximum atomic E-state index is 13.0. The van der Waals surface area contributed by atoms with Gasteiger partial charge in [0.2, 0.25) is 5.91 Å². The molecule has 25 heavy (non-hydrogen) atoms. The summed E-state index contributed by atoms with van der Waals surface area (Å²) >= 11 is 0. The van der Waals surface area contributed by atoms with E-state index in [1.807, 2.05) is 24.3 Å². The SMILES string of the molecule is CCn1ncc2c1CCC[C@@H]2N[C@@H]1CCCN(c2cnn(C)c2)C1=O. The van der Waals surface area contributed by atoms with Crippen molar-refractivity contribution in [3.05, 3.63) is 29.8 Å². The summed E-state index contributed by atoms with van der Waals surface area (Å²) in [4.78, 5) is 14.9. The summed E-state index contributed by atoms with van der Waals surface area (Å²) < 4.78 is 3.83. The van der Waals surface area contributed by atoms with E-state index in [1.54, 1.807) is 10.9 Å². The lowest BCUT2D eigenvalue weighted by molar-refractivity contribution is -0.122. The maximum Gasteiger partial charge on any atom is 0.244 e. The van der Waals surface area contributed by atoms with Crippen LogP contribution in [0, 0.1) is 0 Å². The molecule has 7 heteroatoms. The van der Waals surface area contributed by atoms with Crippen molar-refractivity contribution in [3.8, 4) is 0 Å². The number of rotatable bonds is 4. The quantitative estimate of drug-likeness (QED) is 0.920. The molecule has 1 aliphatic carbocycles. The van der Waals surface area contributed by atoms with Crippen LogP contribution in [0.2, 0.25) is 0 Å². The lowest BCUT2D eigenvalue weighted by Crippen LogP contribution is -2.52. The number of hydrogen-bond donors (Lipinski definition) is 1. The molecule has 7 nitrogen and oxygen atoms in total. The standard InChI is InChI=1S/C18H26N6O/c1-3-24-17-8-4-6-15(14(17)11-20-24)21-16-7-5-9-23(18(16)25)13-10-19-22(2)12-13/h10-12,15-16,21H,3-9H2,1-2H3/t15-,16+/m0/s1. The van der Waals surface area contributed by atoms with Gasteiger partial charge < -0.3 is 4.90 Å². The van der Waals surface area contributed by atoms with E-state index in [0.29, 0.717) is 0 Å². The van der Waals surface area contributed by atoms with Gasteiger partial charge in [0.1, 0.15) is 0 Å². The van der Waals surface area contributed by atoms with Crippen molar-refractivity contribution in [3.63, 3.8) is 0 Å². The van der Waals surface area contributed by atoms with Crippen molar-refractivity contribution >= 4 is 11.6 Å². The zero-order chi connectivity index (χ0) is 17.4. The smallest absolute Gasteiger partial charge is 0.244 e. The van der Waals surface area contributed by atoms with Gasteiger partial charge in [-0.2, -0.15) is 10.2 Å². The number of carbonyl (C=O) groups excluding carboxylic acids is 1. The number of nitrogens with zero attached hydrogens (tertiary/aromatic N) is 5. The largest absolute Gasteiger partial charge is 0.308 e. The zero-order valence-corrected chi connectivity index (χ0v) is 15.0. The van der Waals surface area contributed by atoms with E-state index in [4.69, 9.17) is 0 Å². The highest BCUT2D eigenvalue weighted by Gasteiger charge is 2.33. The normalized spacial score (nSPS) is 23.8. The Bertz CT molecular complexity index is 763. The number of hydrogen-bond acceptors (Lipinski definition) is 4. The third-order valence-electron chi connectivity index (χ3n) is 5.41. The highest BCUT2D eigenvalue weighted by molar-refractivity contribution is 5.97. The van der Waals surface area contributed by atoms with Crippen molar-refractivity contribution in [2.24, 2.45) is 7.05 Å². The molecule has 1 amide bonds. The van der Waals surface area contributed by atoms with Gasteiger partial charge in [0.15, 0.2) is 0 Å². The fourth-order valence-electron chi connectivity index (χ4n) is 4.14. The van der Waals surface area contributed by atoms with Crippen LogP contribution < -0.4 is 10.2 Å². The van der Waals surface area contributed by atoms with Crippen LogP contribution in [0.15, 0.2) is 18.6 Å². The molecule has 134 valence electrons. The molecule has 1 aliphatic heterocycles. The number of amides is 1. The molecule has 0 unspecified atom stereocenters. The fourth-order valence-corrected chi connectivity index (χ4v) is 4.14. The molecule has 0 bridgehead atoms. The molecule has 2 aromatic rings. The van der Waals surface area contributed by atoms with Crippen LogP contribution in [-0.2, 0) is 24.8 Å². The number of piperidine rings is 1. The summed E-state index contributed by atoms with van der Waals surface area (Å²) in [5.74, 6) is 0.161. The van der Waals surface area contributed by atoms with Gasteiger partial charge in [0.05, 0.1) is 24.1 Å². The summed E-state index contributed by atoms with van der Waals surface area (Å²) in [6.07, 6.45) is 10.9. The van der Waals surface area contributed by atoms with Gasteiger partial charge in [-0.15, -0.1) is 0 Å². The van der Waals surface area contributed by atoms with Crippen LogP contribution in [0.3, 0.4) is 0 Å². The van der Waals surface area contributed by atoms with Crippen molar-refractivity contribution in [1.29, 1.82) is 0 Å². The van der Waals surface area contributed by atoms with Crippen molar-refractivity contribution < 1.29 is 4.79 Å². The van der Waals surface area contributed by atoms with E-state index in [0.717, 1.165) is 50.9 Å². The van der Waals surface area contributed by atoms with Crippen LogP contribution in [0.1, 0.15) is 49.9 Å². The highest BCUT2D eigenvalue weighted by atomic mass is 16.2. The fraction of sp³-hybridized carbons (Fsp3) is 0.611. The minimum atomic E-state index is -0.130. The average molecular weight is 342 g/mol. The van der Waals surface area contributed by atoms with E-state index >= 15 is 0 Å². The first kappa shape index (κ1) is 16.3. The third kappa shape index (κ3) is 2.97. The van der Waals surface area contributed by atoms with Crippen LogP contribution in [0.4, 0.5) is 5.69 Å². The Balaban J connectivity index is 1.51. The summed E-state index contributed by atoms with van der Waals surface area (Å²) in [5, 5.41) is 12.4. The lowest BCUT2D eigenvalue weighted by atomic mass is 9.91. The van der Waals surface area contributed by atoms with Gasteiger partial charge in [-0.3, -0.25) is 19.5 Å². The van der Waals surface area contributed by atoms with Crippen molar-refractivity contribution in [2.45, 2.75) is 57.7 Å². The van der Waals surface area contributed by atoms with Crippen molar-refractivity contribution in [1.82, 2.24) is 24.9 Å². The second kappa shape index (κ2) is 6.63. The van der Waals surface area contributed by atoms with Crippen molar-refractivity contribution in [2.75, 3.05) is 11.4 Å². The summed E-state index contributed by atoms with van der Waals surface area (Å²) in [6, 6.07) is 0.0988. The highest BCUT2D eigenvalue weighted by Crippen LogP contribution is 2.31. The van der Waals surface area contributed by atoms with E-state index in [9.17, 15) is 4.79 Å². The van der Waals surface area contributed by atoms with Gasteiger partial charge in [0.25, 0.3) is 0 Å². The average Bonchev–Trinajstić information content (AvgIpc) is 3.23. The molecule has 0 saturated carbocycles. The second-order valence-corrected chi connectivity index (χ2v) is 7.03.